The van der Waals surface area contributed by atoms with Gasteiger partial charge in [0.25, 0.3) is 0 Å². The molecule has 0 aliphatic carbocycles. The molecule has 4 heteroatoms. The van der Waals surface area contributed by atoms with Gasteiger partial charge in [0.05, 0.1) is 6.61 Å². The Hall–Kier alpha value is -0.770. The van der Waals surface area contributed by atoms with E-state index >= 15 is 0 Å². The van der Waals surface area contributed by atoms with E-state index in [1.54, 1.807) is 20.8 Å². The normalized spacial score (nSPS) is 11.0. The quantitative estimate of drug-likeness (QED) is 0.526. The Balaban J connectivity index is 3.47. The van der Waals surface area contributed by atoms with Gasteiger partial charge in [-0.25, -0.2) is 4.79 Å². The molecule has 0 saturated heterocycles. The molecule has 1 N–H and O–H groups in total. The van der Waals surface area contributed by atoms with Gasteiger partial charge in [-0.3, -0.25) is 4.84 Å². The molecule has 0 unspecified atom stereocenters. The molecule has 72 valence electrons. The zero-order valence-electron chi connectivity index (χ0n) is 8.14. The SMILES string of the molecule is CCCONC(=O)OC(C)(C)C. The number of hydrogen-bond acceptors (Lipinski definition) is 3. The number of rotatable bonds is 3. The Bertz CT molecular complexity index is 140. The van der Waals surface area contributed by atoms with Crippen molar-refractivity contribution in [2.24, 2.45) is 0 Å². The third-order valence-corrected chi connectivity index (χ3v) is 0.861. The van der Waals surface area contributed by atoms with E-state index in [2.05, 4.69) is 5.48 Å². The molecule has 0 saturated carbocycles. The molecule has 4 nitrogen and oxygen atoms in total. The van der Waals surface area contributed by atoms with E-state index in [0.717, 1.165) is 6.42 Å². The lowest BCUT2D eigenvalue weighted by Crippen LogP contribution is -2.32. The van der Waals surface area contributed by atoms with Crippen LogP contribution in [0.5, 0.6) is 0 Å². The van der Waals surface area contributed by atoms with Crippen molar-refractivity contribution in [3.8, 4) is 0 Å². The monoisotopic (exact) mass is 175 g/mol. The van der Waals surface area contributed by atoms with Crippen molar-refractivity contribution in [1.82, 2.24) is 5.48 Å². The summed E-state index contributed by atoms with van der Waals surface area (Å²) in [6.07, 6.45) is 0.312. The second-order valence-corrected chi connectivity index (χ2v) is 3.45. The number of ether oxygens (including phenoxy) is 1. The van der Waals surface area contributed by atoms with Gasteiger partial charge < -0.3 is 4.74 Å². The van der Waals surface area contributed by atoms with Crippen LogP contribution in [0.3, 0.4) is 0 Å². The highest BCUT2D eigenvalue weighted by Gasteiger charge is 2.15. The Labute approximate surface area is 73.2 Å². The van der Waals surface area contributed by atoms with E-state index in [1.165, 1.54) is 0 Å². The van der Waals surface area contributed by atoms with Crippen molar-refractivity contribution in [2.45, 2.75) is 39.7 Å². The zero-order valence-corrected chi connectivity index (χ0v) is 8.14. The molecule has 1 amide bonds. The van der Waals surface area contributed by atoms with Crippen molar-refractivity contribution in [3.63, 3.8) is 0 Å². The molecule has 0 aromatic rings. The van der Waals surface area contributed by atoms with E-state index < -0.39 is 11.7 Å². The molecule has 0 aliphatic rings. The van der Waals surface area contributed by atoms with Crippen LogP contribution in [0.25, 0.3) is 0 Å². The predicted molar refractivity (Wildman–Crippen MR) is 45.6 cm³/mol. The summed E-state index contributed by atoms with van der Waals surface area (Å²) >= 11 is 0. The summed E-state index contributed by atoms with van der Waals surface area (Å²) in [6.45, 7) is 7.85. The van der Waals surface area contributed by atoms with Crippen molar-refractivity contribution in [1.29, 1.82) is 0 Å². The molecular formula is C8H17NO3. The Morgan fingerprint density at radius 3 is 2.42 bits per heavy atom. The van der Waals surface area contributed by atoms with Gasteiger partial charge in [-0.1, -0.05) is 6.92 Å². The molecule has 0 radical (unpaired) electrons. The van der Waals surface area contributed by atoms with E-state index in [4.69, 9.17) is 9.57 Å². The predicted octanol–water partition coefficient (Wildman–Crippen LogP) is 1.85. The molecular weight excluding hydrogens is 158 g/mol. The van der Waals surface area contributed by atoms with Crippen LogP contribution in [0, 0.1) is 0 Å². The van der Waals surface area contributed by atoms with Gasteiger partial charge in [0.15, 0.2) is 0 Å². The lowest BCUT2D eigenvalue weighted by atomic mass is 10.2. The number of carbonyl (C=O) groups excluding carboxylic acids is 1. The smallest absolute Gasteiger partial charge is 0.431 e. The van der Waals surface area contributed by atoms with Crippen molar-refractivity contribution >= 4 is 6.09 Å². The van der Waals surface area contributed by atoms with Gasteiger partial charge in [0.1, 0.15) is 5.60 Å². The van der Waals surface area contributed by atoms with Gasteiger partial charge in [-0.05, 0) is 27.2 Å². The number of amides is 1. The van der Waals surface area contributed by atoms with E-state index in [1.807, 2.05) is 6.92 Å². The van der Waals surface area contributed by atoms with Crippen LogP contribution in [-0.4, -0.2) is 18.3 Å². The lowest BCUT2D eigenvalue weighted by molar-refractivity contribution is -0.00746. The minimum absolute atomic E-state index is 0.473. The molecule has 0 aromatic heterocycles. The zero-order chi connectivity index (χ0) is 9.61. The Morgan fingerprint density at radius 1 is 1.42 bits per heavy atom. The molecule has 0 heterocycles. The molecule has 0 spiro atoms. The maximum absolute atomic E-state index is 10.9. The average molecular weight is 175 g/mol. The largest absolute Gasteiger partial charge is 0.442 e. The maximum atomic E-state index is 10.9. The highest BCUT2D eigenvalue weighted by Crippen LogP contribution is 2.06. The summed E-state index contributed by atoms with van der Waals surface area (Å²) in [5.74, 6) is 0. The molecule has 0 aromatic carbocycles. The molecule has 12 heavy (non-hydrogen) atoms. The molecule has 0 bridgehead atoms. The first-order valence-corrected chi connectivity index (χ1v) is 4.06. The third-order valence-electron chi connectivity index (χ3n) is 0.861. The standard InChI is InChI=1S/C8H17NO3/c1-5-6-11-9-7(10)12-8(2,3)4/h5-6H2,1-4H3,(H,9,10). The summed E-state index contributed by atoms with van der Waals surface area (Å²) in [7, 11) is 0. The van der Waals surface area contributed by atoms with Gasteiger partial charge in [-0.15, -0.1) is 0 Å². The highest BCUT2D eigenvalue weighted by molar-refractivity contribution is 5.66. The molecule has 0 rings (SSSR count). The topological polar surface area (TPSA) is 47.6 Å². The highest BCUT2D eigenvalue weighted by atomic mass is 16.7. The molecule has 0 fully saturated rings. The van der Waals surface area contributed by atoms with Gasteiger partial charge >= 0.3 is 6.09 Å². The van der Waals surface area contributed by atoms with Crippen molar-refractivity contribution in [2.75, 3.05) is 6.61 Å². The first kappa shape index (κ1) is 11.2. The summed E-state index contributed by atoms with van der Waals surface area (Å²) < 4.78 is 4.91. The van der Waals surface area contributed by atoms with Crippen molar-refractivity contribution < 1.29 is 14.4 Å². The van der Waals surface area contributed by atoms with E-state index in [-0.39, 0.29) is 0 Å². The second-order valence-electron chi connectivity index (χ2n) is 3.45. The van der Waals surface area contributed by atoms with Crippen LogP contribution >= 0.6 is 0 Å². The second kappa shape index (κ2) is 4.98. The minimum Gasteiger partial charge on any atom is -0.442 e. The van der Waals surface area contributed by atoms with E-state index in [9.17, 15) is 4.79 Å². The Morgan fingerprint density at radius 2 is 2.00 bits per heavy atom. The molecule has 0 atom stereocenters. The van der Waals surface area contributed by atoms with Crippen LogP contribution in [-0.2, 0) is 9.57 Å². The van der Waals surface area contributed by atoms with Crippen LogP contribution in [0.15, 0.2) is 0 Å². The summed E-state index contributed by atoms with van der Waals surface area (Å²) in [4.78, 5) is 15.6. The van der Waals surface area contributed by atoms with Gasteiger partial charge in [0.2, 0.25) is 0 Å². The summed E-state index contributed by atoms with van der Waals surface area (Å²) in [5, 5.41) is 0. The van der Waals surface area contributed by atoms with Crippen LogP contribution in [0.2, 0.25) is 0 Å². The number of nitrogens with one attached hydrogen (secondary N) is 1. The van der Waals surface area contributed by atoms with Crippen LogP contribution in [0.1, 0.15) is 34.1 Å². The first-order chi connectivity index (χ1) is 5.45. The average Bonchev–Trinajstić information content (AvgIpc) is 1.84. The maximum Gasteiger partial charge on any atom is 0.431 e. The molecule has 0 aliphatic heterocycles. The van der Waals surface area contributed by atoms with Crippen LogP contribution in [0.4, 0.5) is 4.79 Å². The lowest BCUT2D eigenvalue weighted by Gasteiger charge is -2.19. The summed E-state index contributed by atoms with van der Waals surface area (Å²) in [5.41, 5.74) is 1.71. The van der Waals surface area contributed by atoms with Gasteiger partial charge in [-0.2, -0.15) is 5.48 Å². The fourth-order valence-corrected chi connectivity index (χ4v) is 0.511. The number of hydrogen-bond donors (Lipinski definition) is 1. The number of carbonyl (C=O) groups is 1. The van der Waals surface area contributed by atoms with Gasteiger partial charge in [0, 0.05) is 0 Å². The van der Waals surface area contributed by atoms with E-state index in [0.29, 0.717) is 6.61 Å². The van der Waals surface area contributed by atoms with Crippen molar-refractivity contribution in [3.05, 3.63) is 0 Å². The fourth-order valence-electron chi connectivity index (χ4n) is 0.511. The number of hydroxylamine groups is 1. The Kier molecular flexibility index (Phi) is 4.66. The first-order valence-electron chi connectivity index (χ1n) is 4.06. The summed E-state index contributed by atoms with van der Waals surface area (Å²) in [6, 6.07) is 0. The van der Waals surface area contributed by atoms with Crippen LogP contribution < -0.4 is 5.48 Å². The minimum atomic E-state index is -0.545. The fraction of sp³-hybridized carbons (Fsp3) is 0.875. The third kappa shape index (κ3) is 7.34.